The van der Waals surface area contributed by atoms with E-state index in [1.807, 2.05) is 18.2 Å². The SMILES string of the molecule is CCN(CC)c1ccc(/C=C(/C#N)c2ccccc2F)c(OC)c1. The predicted molar refractivity (Wildman–Crippen MR) is 96.4 cm³/mol. The number of nitriles is 1. The molecule has 0 N–H and O–H groups in total. The Kier molecular flexibility index (Phi) is 5.97. The molecule has 0 aromatic heterocycles. The van der Waals surface area contributed by atoms with Crippen LogP contribution in [-0.2, 0) is 0 Å². The molecule has 3 nitrogen and oxygen atoms in total. The summed E-state index contributed by atoms with van der Waals surface area (Å²) < 4.78 is 19.4. The molecular formula is C20H21FN2O. The minimum absolute atomic E-state index is 0.266. The first-order valence-electron chi connectivity index (χ1n) is 7.94. The first-order chi connectivity index (χ1) is 11.6. The smallest absolute Gasteiger partial charge is 0.131 e. The second kappa shape index (κ2) is 8.16. The molecule has 0 bridgehead atoms. The molecule has 2 aromatic rings. The van der Waals surface area contributed by atoms with Crippen molar-refractivity contribution in [1.82, 2.24) is 0 Å². The number of halogens is 1. The van der Waals surface area contributed by atoms with Crippen molar-refractivity contribution >= 4 is 17.3 Å². The highest BCUT2D eigenvalue weighted by Gasteiger charge is 2.11. The lowest BCUT2D eigenvalue weighted by Crippen LogP contribution is -2.21. The summed E-state index contributed by atoms with van der Waals surface area (Å²) in [5.41, 5.74) is 2.35. The highest BCUT2D eigenvalue weighted by atomic mass is 19.1. The van der Waals surface area contributed by atoms with Gasteiger partial charge >= 0.3 is 0 Å². The van der Waals surface area contributed by atoms with E-state index in [9.17, 15) is 9.65 Å². The second-order valence-electron chi connectivity index (χ2n) is 5.25. The van der Waals surface area contributed by atoms with Crippen LogP contribution in [0.5, 0.6) is 5.75 Å². The molecule has 2 rings (SSSR count). The van der Waals surface area contributed by atoms with Gasteiger partial charge in [-0.15, -0.1) is 0 Å². The molecule has 0 unspecified atom stereocenters. The normalized spacial score (nSPS) is 11.0. The van der Waals surface area contributed by atoms with Gasteiger partial charge in [0.05, 0.1) is 18.8 Å². The molecule has 0 amide bonds. The number of rotatable bonds is 6. The van der Waals surface area contributed by atoms with Gasteiger partial charge in [0.1, 0.15) is 11.6 Å². The van der Waals surface area contributed by atoms with E-state index in [-0.39, 0.29) is 11.1 Å². The van der Waals surface area contributed by atoms with Crippen LogP contribution >= 0.6 is 0 Å². The zero-order valence-electron chi connectivity index (χ0n) is 14.2. The Morgan fingerprint density at radius 2 is 1.92 bits per heavy atom. The highest BCUT2D eigenvalue weighted by Crippen LogP contribution is 2.29. The lowest BCUT2D eigenvalue weighted by atomic mass is 10.0. The van der Waals surface area contributed by atoms with Gasteiger partial charge in [-0.2, -0.15) is 5.26 Å². The Morgan fingerprint density at radius 1 is 1.21 bits per heavy atom. The van der Waals surface area contributed by atoms with Crippen LogP contribution in [0.3, 0.4) is 0 Å². The van der Waals surface area contributed by atoms with E-state index in [0.29, 0.717) is 5.75 Å². The number of hydrogen-bond donors (Lipinski definition) is 0. The second-order valence-corrected chi connectivity index (χ2v) is 5.25. The van der Waals surface area contributed by atoms with Gasteiger partial charge in [0, 0.05) is 36.0 Å². The van der Waals surface area contributed by atoms with Gasteiger partial charge in [-0.1, -0.05) is 18.2 Å². The molecule has 0 heterocycles. The van der Waals surface area contributed by atoms with Crippen molar-refractivity contribution in [2.24, 2.45) is 0 Å². The lowest BCUT2D eigenvalue weighted by molar-refractivity contribution is 0.414. The summed E-state index contributed by atoms with van der Waals surface area (Å²) in [6.45, 7) is 5.98. The first kappa shape index (κ1) is 17.6. The summed E-state index contributed by atoms with van der Waals surface area (Å²) in [6.07, 6.45) is 1.66. The van der Waals surface area contributed by atoms with E-state index in [4.69, 9.17) is 4.74 Å². The maximum Gasteiger partial charge on any atom is 0.131 e. The number of nitrogens with zero attached hydrogens (tertiary/aromatic N) is 2. The number of hydrogen-bond acceptors (Lipinski definition) is 3. The Balaban J connectivity index is 2.48. The average Bonchev–Trinajstić information content (AvgIpc) is 2.62. The van der Waals surface area contributed by atoms with Crippen LogP contribution in [0.2, 0.25) is 0 Å². The molecule has 0 aliphatic heterocycles. The van der Waals surface area contributed by atoms with Gasteiger partial charge < -0.3 is 9.64 Å². The standard InChI is InChI=1S/C20H21FN2O/c1-4-23(5-2)17-11-10-15(20(13-17)24-3)12-16(14-22)18-8-6-7-9-19(18)21/h6-13H,4-5H2,1-3H3/b16-12-. The van der Waals surface area contributed by atoms with E-state index in [2.05, 4.69) is 24.8 Å². The topological polar surface area (TPSA) is 36.3 Å². The van der Waals surface area contributed by atoms with Crippen LogP contribution in [0.25, 0.3) is 11.6 Å². The molecular weight excluding hydrogens is 303 g/mol. The van der Waals surface area contributed by atoms with Crippen molar-refractivity contribution in [1.29, 1.82) is 5.26 Å². The predicted octanol–water partition coefficient (Wildman–Crippen LogP) is 4.74. The van der Waals surface area contributed by atoms with Gasteiger partial charge in [-0.25, -0.2) is 4.39 Å². The van der Waals surface area contributed by atoms with Gasteiger partial charge in [-0.3, -0.25) is 0 Å². The molecule has 0 aliphatic carbocycles. The third-order valence-electron chi connectivity index (χ3n) is 3.93. The highest BCUT2D eigenvalue weighted by molar-refractivity contribution is 5.91. The monoisotopic (exact) mass is 324 g/mol. The van der Waals surface area contributed by atoms with Gasteiger partial charge in [0.2, 0.25) is 0 Å². The fourth-order valence-electron chi connectivity index (χ4n) is 2.61. The first-order valence-corrected chi connectivity index (χ1v) is 7.94. The zero-order valence-corrected chi connectivity index (χ0v) is 14.2. The van der Waals surface area contributed by atoms with Crippen LogP contribution in [0.4, 0.5) is 10.1 Å². The van der Waals surface area contributed by atoms with E-state index < -0.39 is 5.82 Å². The van der Waals surface area contributed by atoms with Gasteiger partial charge in [-0.05, 0) is 38.1 Å². The molecule has 0 aliphatic rings. The molecule has 0 saturated heterocycles. The van der Waals surface area contributed by atoms with Crippen LogP contribution in [-0.4, -0.2) is 20.2 Å². The van der Waals surface area contributed by atoms with Crippen molar-refractivity contribution in [3.05, 3.63) is 59.4 Å². The molecule has 0 spiro atoms. The van der Waals surface area contributed by atoms with E-state index in [0.717, 1.165) is 24.3 Å². The molecule has 4 heteroatoms. The summed E-state index contributed by atoms with van der Waals surface area (Å²) in [5, 5.41) is 9.41. The van der Waals surface area contributed by atoms with Crippen LogP contribution < -0.4 is 9.64 Å². The fourth-order valence-corrected chi connectivity index (χ4v) is 2.61. The van der Waals surface area contributed by atoms with Gasteiger partial charge in [0.25, 0.3) is 0 Å². The van der Waals surface area contributed by atoms with Crippen LogP contribution in [0, 0.1) is 17.1 Å². The van der Waals surface area contributed by atoms with Crippen molar-refractivity contribution in [2.75, 3.05) is 25.1 Å². The summed E-state index contributed by atoms with van der Waals surface area (Å²) in [5.74, 6) is 0.243. The average molecular weight is 324 g/mol. The number of anilines is 1. The Bertz CT molecular complexity index is 773. The molecule has 0 saturated carbocycles. The quantitative estimate of drug-likeness (QED) is 0.568. The summed E-state index contributed by atoms with van der Waals surface area (Å²) >= 11 is 0. The largest absolute Gasteiger partial charge is 0.496 e. The molecule has 0 fully saturated rings. The maximum atomic E-state index is 13.9. The third-order valence-corrected chi connectivity index (χ3v) is 3.93. The summed E-state index contributed by atoms with van der Waals surface area (Å²) in [4.78, 5) is 2.21. The Morgan fingerprint density at radius 3 is 2.50 bits per heavy atom. The van der Waals surface area contributed by atoms with Crippen LogP contribution in [0.1, 0.15) is 25.0 Å². The number of methoxy groups -OCH3 is 1. The Hall–Kier alpha value is -2.80. The van der Waals surface area contributed by atoms with Crippen molar-refractivity contribution in [2.45, 2.75) is 13.8 Å². The summed E-state index contributed by atoms with van der Waals surface area (Å²) in [6, 6.07) is 14.2. The number of benzene rings is 2. The number of ether oxygens (including phenoxy) is 1. The van der Waals surface area contributed by atoms with Gasteiger partial charge in [0.15, 0.2) is 0 Å². The van der Waals surface area contributed by atoms with E-state index >= 15 is 0 Å². The maximum absolute atomic E-state index is 13.9. The van der Waals surface area contributed by atoms with Crippen molar-refractivity contribution in [3.8, 4) is 11.8 Å². The zero-order chi connectivity index (χ0) is 17.5. The Labute approximate surface area is 142 Å². The minimum Gasteiger partial charge on any atom is -0.496 e. The van der Waals surface area contributed by atoms with Crippen LogP contribution in [0.15, 0.2) is 42.5 Å². The fraction of sp³-hybridized carbons (Fsp3) is 0.250. The summed E-state index contributed by atoms with van der Waals surface area (Å²) in [7, 11) is 1.59. The molecule has 24 heavy (non-hydrogen) atoms. The number of allylic oxidation sites excluding steroid dienone is 1. The van der Waals surface area contributed by atoms with E-state index in [1.165, 1.54) is 6.07 Å². The van der Waals surface area contributed by atoms with E-state index in [1.54, 1.807) is 31.4 Å². The van der Waals surface area contributed by atoms with Crippen molar-refractivity contribution in [3.63, 3.8) is 0 Å². The molecule has 0 radical (unpaired) electrons. The molecule has 0 atom stereocenters. The minimum atomic E-state index is -0.413. The van der Waals surface area contributed by atoms with Crippen molar-refractivity contribution < 1.29 is 9.13 Å². The lowest BCUT2D eigenvalue weighted by Gasteiger charge is -2.22. The molecule has 124 valence electrons. The third kappa shape index (κ3) is 3.75. The molecule has 2 aromatic carbocycles.